The van der Waals surface area contributed by atoms with E-state index in [0.717, 1.165) is 10.6 Å². The number of anilines is 2. The van der Waals surface area contributed by atoms with Gasteiger partial charge in [-0.15, -0.1) is 11.8 Å². The van der Waals surface area contributed by atoms with Crippen molar-refractivity contribution in [1.82, 2.24) is 4.98 Å². The Morgan fingerprint density at radius 2 is 2.05 bits per heavy atom. The molecule has 0 fully saturated rings. The zero-order valence-corrected chi connectivity index (χ0v) is 13.2. The van der Waals surface area contributed by atoms with Crippen molar-refractivity contribution in [2.24, 2.45) is 0 Å². The van der Waals surface area contributed by atoms with Gasteiger partial charge in [0.2, 0.25) is 0 Å². The van der Waals surface area contributed by atoms with Crippen LogP contribution < -0.4 is 10.6 Å². The summed E-state index contributed by atoms with van der Waals surface area (Å²) in [5.41, 5.74) is 1.33. The normalized spacial score (nSPS) is 10.5. The number of amides is 1. The van der Waals surface area contributed by atoms with Crippen molar-refractivity contribution >= 4 is 29.2 Å². The van der Waals surface area contributed by atoms with Gasteiger partial charge in [-0.1, -0.05) is 6.07 Å². The number of nitrogens with one attached hydrogen (secondary N) is 2. The fraction of sp³-hybridized carbons (Fsp3) is 0.250. The van der Waals surface area contributed by atoms with E-state index in [0.29, 0.717) is 11.4 Å². The molecule has 0 bridgehead atoms. The van der Waals surface area contributed by atoms with Gasteiger partial charge in [0, 0.05) is 22.8 Å². The minimum absolute atomic E-state index is 0.162. The van der Waals surface area contributed by atoms with E-state index in [1.165, 1.54) is 0 Å². The van der Waals surface area contributed by atoms with Crippen molar-refractivity contribution < 1.29 is 4.79 Å². The molecule has 0 unspecified atom stereocenters. The summed E-state index contributed by atoms with van der Waals surface area (Å²) in [5.74, 6) is 0.440. The smallest absolute Gasteiger partial charge is 0.259 e. The molecule has 2 rings (SSSR count). The van der Waals surface area contributed by atoms with Crippen LogP contribution in [-0.4, -0.2) is 23.2 Å². The fourth-order valence-corrected chi connectivity index (χ4v) is 2.34. The Hall–Kier alpha value is -2.01. The van der Waals surface area contributed by atoms with Crippen LogP contribution in [0.25, 0.3) is 0 Å². The highest BCUT2D eigenvalue weighted by atomic mass is 32.2. The van der Waals surface area contributed by atoms with E-state index in [-0.39, 0.29) is 11.9 Å². The molecule has 110 valence electrons. The average Bonchev–Trinajstić information content (AvgIpc) is 2.47. The van der Waals surface area contributed by atoms with Crippen LogP contribution in [-0.2, 0) is 0 Å². The number of pyridine rings is 1. The molecule has 0 saturated carbocycles. The number of hydrogen-bond acceptors (Lipinski definition) is 4. The van der Waals surface area contributed by atoms with Gasteiger partial charge in [-0.3, -0.25) is 4.79 Å². The number of aromatic nitrogens is 1. The van der Waals surface area contributed by atoms with E-state index in [9.17, 15) is 4.79 Å². The monoisotopic (exact) mass is 301 g/mol. The lowest BCUT2D eigenvalue weighted by Crippen LogP contribution is -2.18. The molecule has 1 heterocycles. The summed E-state index contributed by atoms with van der Waals surface area (Å²) in [4.78, 5) is 17.8. The zero-order chi connectivity index (χ0) is 15.2. The van der Waals surface area contributed by atoms with E-state index in [2.05, 4.69) is 15.6 Å². The molecule has 0 aliphatic rings. The molecule has 1 aromatic heterocycles. The Morgan fingerprint density at radius 3 is 2.76 bits per heavy atom. The second-order valence-corrected chi connectivity index (χ2v) is 5.76. The molecule has 2 N–H and O–H groups in total. The van der Waals surface area contributed by atoms with Crippen molar-refractivity contribution in [2.75, 3.05) is 16.9 Å². The summed E-state index contributed by atoms with van der Waals surface area (Å²) in [5, 5.41) is 6.10. The summed E-state index contributed by atoms with van der Waals surface area (Å²) >= 11 is 1.64. The molecule has 2 aromatic rings. The largest absolute Gasteiger partial charge is 0.367 e. The minimum atomic E-state index is -0.162. The first-order valence-corrected chi connectivity index (χ1v) is 7.99. The molecule has 4 nitrogen and oxygen atoms in total. The van der Waals surface area contributed by atoms with Gasteiger partial charge in [-0.05, 0) is 50.4 Å². The highest BCUT2D eigenvalue weighted by molar-refractivity contribution is 7.98. The molecule has 0 spiro atoms. The van der Waals surface area contributed by atoms with Gasteiger partial charge < -0.3 is 10.6 Å². The van der Waals surface area contributed by atoms with Crippen molar-refractivity contribution in [3.05, 3.63) is 48.2 Å². The lowest BCUT2D eigenvalue weighted by Gasteiger charge is -2.13. The predicted molar refractivity (Wildman–Crippen MR) is 89.2 cm³/mol. The Kier molecular flexibility index (Phi) is 5.22. The SMILES string of the molecule is CSc1cccc(NC(=O)c2cccnc2NC(C)C)c1. The standard InChI is InChI=1S/C16H19N3OS/c1-11(2)18-15-14(8-5-9-17-15)16(20)19-12-6-4-7-13(10-12)21-3/h4-11H,1-3H3,(H,17,18)(H,19,20). The van der Waals surface area contributed by atoms with Crippen LogP contribution in [0.1, 0.15) is 24.2 Å². The molecule has 21 heavy (non-hydrogen) atoms. The Morgan fingerprint density at radius 1 is 1.24 bits per heavy atom. The minimum Gasteiger partial charge on any atom is -0.367 e. The summed E-state index contributed by atoms with van der Waals surface area (Å²) in [6, 6.07) is 11.5. The second kappa shape index (κ2) is 7.13. The van der Waals surface area contributed by atoms with E-state index in [1.54, 1.807) is 30.1 Å². The molecule has 0 aliphatic carbocycles. The van der Waals surface area contributed by atoms with Crippen LogP contribution in [0.5, 0.6) is 0 Å². The number of carbonyl (C=O) groups excluding carboxylic acids is 1. The predicted octanol–water partition coefficient (Wildman–Crippen LogP) is 3.88. The van der Waals surface area contributed by atoms with Crippen molar-refractivity contribution in [2.45, 2.75) is 24.8 Å². The maximum atomic E-state index is 12.4. The molecular weight excluding hydrogens is 282 g/mol. The summed E-state index contributed by atoms with van der Waals surface area (Å²) in [6.07, 6.45) is 3.68. The molecule has 0 aliphatic heterocycles. The first-order chi connectivity index (χ1) is 10.1. The first-order valence-electron chi connectivity index (χ1n) is 6.77. The highest BCUT2D eigenvalue weighted by Gasteiger charge is 2.13. The quantitative estimate of drug-likeness (QED) is 0.823. The van der Waals surface area contributed by atoms with Gasteiger partial charge in [-0.25, -0.2) is 4.98 Å². The van der Waals surface area contributed by atoms with Gasteiger partial charge >= 0.3 is 0 Å². The third-order valence-electron chi connectivity index (χ3n) is 2.81. The van der Waals surface area contributed by atoms with Crippen LogP contribution in [0.15, 0.2) is 47.5 Å². The van der Waals surface area contributed by atoms with Gasteiger partial charge in [-0.2, -0.15) is 0 Å². The van der Waals surface area contributed by atoms with Crippen LogP contribution in [0.4, 0.5) is 11.5 Å². The Bertz CT molecular complexity index is 628. The van der Waals surface area contributed by atoms with Crippen LogP contribution >= 0.6 is 11.8 Å². The third kappa shape index (κ3) is 4.23. The van der Waals surface area contributed by atoms with Gasteiger partial charge in [0.25, 0.3) is 5.91 Å². The number of nitrogens with zero attached hydrogens (tertiary/aromatic N) is 1. The Labute approximate surface area is 129 Å². The number of rotatable bonds is 5. The molecule has 0 saturated heterocycles. The summed E-state index contributed by atoms with van der Waals surface area (Å²) < 4.78 is 0. The highest BCUT2D eigenvalue weighted by Crippen LogP contribution is 2.20. The molecule has 1 amide bonds. The van der Waals surface area contributed by atoms with Crippen molar-refractivity contribution in [1.29, 1.82) is 0 Å². The summed E-state index contributed by atoms with van der Waals surface area (Å²) in [7, 11) is 0. The lowest BCUT2D eigenvalue weighted by atomic mass is 10.2. The number of carbonyl (C=O) groups is 1. The summed E-state index contributed by atoms with van der Waals surface area (Å²) in [6.45, 7) is 4.02. The molecule has 5 heteroatoms. The molecule has 0 atom stereocenters. The van der Waals surface area contributed by atoms with Crippen molar-refractivity contribution in [3.63, 3.8) is 0 Å². The maximum Gasteiger partial charge on any atom is 0.259 e. The third-order valence-corrected chi connectivity index (χ3v) is 3.53. The van der Waals surface area contributed by atoms with E-state index >= 15 is 0 Å². The molecule has 1 aromatic carbocycles. The van der Waals surface area contributed by atoms with Crippen molar-refractivity contribution in [3.8, 4) is 0 Å². The lowest BCUT2D eigenvalue weighted by molar-refractivity contribution is 0.102. The van der Waals surface area contributed by atoms with Crippen LogP contribution in [0.3, 0.4) is 0 Å². The maximum absolute atomic E-state index is 12.4. The zero-order valence-electron chi connectivity index (χ0n) is 12.4. The second-order valence-electron chi connectivity index (χ2n) is 4.88. The van der Waals surface area contributed by atoms with Gasteiger partial charge in [0.1, 0.15) is 5.82 Å². The van der Waals surface area contributed by atoms with Gasteiger partial charge in [0.15, 0.2) is 0 Å². The number of benzene rings is 1. The fourth-order valence-electron chi connectivity index (χ4n) is 1.88. The van der Waals surface area contributed by atoms with Crippen LogP contribution in [0, 0.1) is 0 Å². The number of thioether (sulfide) groups is 1. The molecule has 0 radical (unpaired) electrons. The topological polar surface area (TPSA) is 54.0 Å². The van der Waals surface area contributed by atoms with Gasteiger partial charge in [0.05, 0.1) is 5.56 Å². The molecular formula is C16H19N3OS. The number of hydrogen-bond donors (Lipinski definition) is 2. The Balaban J connectivity index is 2.20. The van der Waals surface area contributed by atoms with E-state index in [4.69, 9.17) is 0 Å². The van der Waals surface area contributed by atoms with E-state index in [1.807, 2.05) is 44.4 Å². The average molecular weight is 301 g/mol. The first kappa shape index (κ1) is 15.4. The van der Waals surface area contributed by atoms with Crippen LogP contribution in [0.2, 0.25) is 0 Å². The van der Waals surface area contributed by atoms with E-state index < -0.39 is 0 Å².